The van der Waals surface area contributed by atoms with E-state index >= 15 is 0 Å². The van der Waals surface area contributed by atoms with Gasteiger partial charge < -0.3 is 4.74 Å². The van der Waals surface area contributed by atoms with E-state index in [2.05, 4.69) is 4.74 Å². The zero-order chi connectivity index (χ0) is 13.8. The zero-order valence-corrected chi connectivity index (χ0v) is 10.8. The van der Waals surface area contributed by atoms with Crippen molar-refractivity contribution in [3.8, 4) is 0 Å². The van der Waals surface area contributed by atoms with Crippen LogP contribution in [0.5, 0.6) is 0 Å². The smallest absolute Gasteiger partial charge is 0.397 e. The Morgan fingerprint density at radius 1 is 1.22 bits per heavy atom. The molecule has 1 aromatic carbocycles. The molecule has 0 saturated heterocycles. The Hall–Kier alpha value is -1.89. The van der Waals surface area contributed by atoms with Crippen LogP contribution in [0.1, 0.15) is 12.5 Å². The molecule has 6 nitrogen and oxygen atoms in total. The summed E-state index contributed by atoms with van der Waals surface area (Å²) < 4.78 is 29.5. The van der Waals surface area contributed by atoms with Crippen LogP contribution in [0, 0.1) is 6.92 Å². The molecule has 0 aliphatic carbocycles. The number of esters is 1. The van der Waals surface area contributed by atoms with E-state index in [4.69, 9.17) is 0 Å². The molecule has 0 saturated carbocycles. The molecule has 0 aliphatic rings. The van der Waals surface area contributed by atoms with Gasteiger partial charge in [0, 0.05) is 0 Å². The van der Waals surface area contributed by atoms with Gasteiger partial charge in [-0.1, -0.05) is 17.7 Å². The number of amides is 1. The highest BCUT2D eigenvalue weighted by molar-refractivity contribution is 7.90. The summed E-state index contributed by atoms with van der Waals surface area (Å²) in [6.45, 7) is 3.31. The molecule has 1 amide bonds. The number of nitrogens with one attached hydrogen (secondary N) is 1. The van der Waals surface area contributed by atoms with E-state index in [1.807, 2.05) is 0 Å². The van der Waals surface area contributed by atoms with Gasteiger partial charge in [-0.3, -0.25) is 4.79 Å². The third-order valence-electron chi connectivity index (χ3n) is 2.02. The molecule has 0 heterocycles. The summed E-state index contributed by atoms with van der Waals surface area (Å²) in [5.74, 6) is -2.54. The highest BCUT2D eigenvalue weighted by Crippen LogP contribution is 2.09. The van der Waals surface area contributed by atoms with Crippen LogP contribution in [0.15, 0.2) is 29.2 Å². The minimum absolute atomic E-state index is 0.00314. The van der Waals surface area contributed by atoms with Crippen molar-refractivity contribution in [2.75, 3.05) is 6.61 Å². The van der Waals surface area contributed by atoms with Gasteiger partial charge in [0.15, 0.2) is 0 Å². The topological polar surface area (TPSA) is 89.5 Å². The normalized spacial score (nSPS) is 10.8. The van der Waals surface area contributed by atoms with Crippen molar-refractivity contribution in [2.24, 2.45) is 0 Å². The van der Waals surface area contributed by atoms with E-state index in [-0.39, 0.29) is 11.5 Å². The van der Waals surface area contributed by atoms with Gasteiger partial charge in [-0.15, -0.1) is 0 Å². The molecule has 1 rings (SSSR count). The minimum atomic E-state index is -4.04. The Morgan fingerprint density at radius 3 is 2.28 bits per heavy atom. The van der Waals surface area contributed by atoms with Crippen molar-refractivity contribution in [3.63, 3.8) is 0 Å². The summed E-state index contributed by atoms with van der Waals surface area (Å²) >= 11 is 0. The largest absolute Gasteiger partial charge is 0.459 e. The second-order valence-corrected chi connectivity index (χ2v) is 5.15. The maximum Gasteiger partial charge on any atom is 0.397 e. The Bertz CT molecular complexity index is 547. The lowest BCUT2D eigenvalue weighted by molar-refractivity contribution is -0.153. The average molecular weight is 271 g/mol. The Balaban J connectivity index is 2.86. The second-order valence-electron chi connectivity index (χ2n) is 3.47. The monoisotopic (exact) mass is 271 g/mol. The molecular weight excluding hydrogens is 258 g/mol. The Labute approximate surface area is 105 Å². The molecule has 0 spiro atoms. The molecule has 0 aliphatic heterocycles. The van der Waals surface area contributed by atoms with Crippen LogP contribution in [-0.2, 0) is 24.3 Å². The third kappa shape index (κ3) is 3.56. The fourth-order valence-electron chi connectivity index (χ4n) is 1.14. The molecule has 0 radical (unpaired) electrons. The molecule has 0 bridgehead atoms. The number of hydrogen-bond donors (Lipinski definition) is 1. The van der Waals surface area contributed by atoms with E-state index < -0.39 is 21.9 Å². The molecule has 98 valence electrons. The number of benzene rings is 1. The first-order chi connectivity index (χ1) is 8.36. The van der Waals surface area contributed by atoms with Crippen LogP contribution in [0.25, 0.3) is 0 Å². The molecule has 1 N–H and O–H groups in total. The van der Waals surface area contributed by atoms with Crippen molar-refractivity contribution >= 4 is 21.9 Å². The first kappa shape index (κ1) is 14.2. The Kier molecular flexibility index (Phi) is 4.43. The molecule has 0 aromatic heterocycles. The number of carbonyl (C=O) groups excluding carboxylic acids is 2. The summed E-state index contributed by atoms with van der Waals surface area (Å²) in [5.41, 5.74) is 0.880. The number of carbonyl (C=O) groups is 2. The van der Waals surface area contributed by atoms with E-state index in [1.54, 1.807) is 23.8 Å². The molecule has 1 aromatic rings. The zero-order valence-electron chi connectivity index (χ0n) is 9.97. The van der Waals surface area contributed by atoms with Gasteiger partial charge in [0.25, 0.3) is 10.0 Å². The van der Waals surface area contributed by atoms with Gasteiger partial charge in [0.05, 0.1) is 11.5 Å². The van der Waals surface area contributed by atoms with Crippen molar-refractivity contribution in [1.29, 1.82) is 0 Å². The van der Waals surface area contributed by atoms with Gasteiger partial charge in [-0.05, 0) is 26.0 Å². The van der Waals surface area contributed by atoms with Crippen molar-refractivity contribution in [2.45, 2.75) is 18.7 Å². The minimum Gasteiger partial charge on any atom is -0.459 e. The number of sulfonamides is 1. The fraction of sp³-hybridized carbons (Fsp3) is 0.273. The lowest BCUT2D eigenvalue weighted by Crippen LogP contribution is -2.37. The highest BCUT2D eigenvalue weighted by Gasteiger charge is 2.23. The van der Waals surface area contributed by atoms with Crippen LogP contribution >= 0.6 is 0 Å². The van der Waals surface area contributed by atoms with Crippen LogP contribution in [0.3, 0.4) is 0 Å². The maximum atomic E-state index is 11.7. The first-order valence-corrected chi connectivity index (χ1v) is 6.65. The lowest BCUT2D eigenvalue weighted by atomic mass is 10.2. The van der Waals surface area contributed by atoms with Crippen molar-refractivity contribution in [1.82, 2.24) is 4.72 Å². The van der Waals surface area contributed by atoms with Crippen LogP contribution in [0.2, 0.25) is 0 Å². The molecule has 0 unspecified atom stereocenters. The second kappa shape index (κ2) is 5.63. The summed E-state index contributed by atoms with van der Waals surface area (Å²) in [6, 6.07) is 5.86. The summed E-state index contributed by atoms with van der Waals surface area (Å²) in [5, 5.41) is 0. The standard InChI is InChI=1S/C11H13NO5S/c1-3-17-11(14)10(13)12-18(15,16)9-6-4-8(2)5-7-9/h4-7H,3H2,1-2H3,(H,12,13). The summed E-state index contributed by atoms with van der Waals surface area (Å²) in [7, 11) is -4.04. The van der Waals surface area contributed by atoms with Crippen LogP contribution in [0.4, 0.5) is 0 Å². The summed E-state index contributed by atoms with van der Waals surface area (Å²) in [6.07, 6.45) is 0. The SMILES string of the molecule is CCOC(=O)C(=O)NS(=O)(=O)c1ccc(C)cc1. The number of rotatable bonds is 3. The molecule has 18 heavy (non-hydrogen) atoms. The number of aryl methyl sites for hydroxylation is 1. The highest BCUT2D eigenvalue weighted by atomic mass is 32.2. The maximum absolute atomic E-state index is 11.7. The predicted molar refractivity (Wildman–Crippen MR) is 63.1 cm³/mol. The van der Waals surface area contributed by atoms with Crippen molar-refractivity contribution in [3.05, 3.63) is 29.8 Å². The molecule has 7 heteroatoms. The number of ether oxygens (including phenoxy) is 1. The van der Waals surface area contributed by atoms with Crippen molar-refractivity contribution < 1.29 is 22.7 Å². The Morgan fingerprint density at radius 2 is 1.78 bits per heavy atom. The lowest BCUT2D eigenvalue weighted by Gasteiger charge is -2.06. The fourth-order valence-corrected chi connectivity index (χ4v) is 2.08. The quantitative estimate of drug-likeness (QED) is 0.633. The van der Waals surface area contributed by atoms with Crippen LogP contribution < -0.4 is 4.72 Å². The van der Waals surface area contributed by atoms with Crippen LogP contribution in [-0.4, -0.2) is 26.9 Å². The van der Waals surface area contributed by atoms with E-state index in [0.717, 1.165) is 5.56 Å². The van der Waals surface area contributed by atoms with Gasteiger partial charge in [0.1, 0.15) is 0 Å². The molecule has 0 atom stereocenters. The molecular formula is C11H13NO5S. The van der Waals surface area contributed by atoms with E-state index in [1.165, 1.54) is 19.1 Å². The van der Waals surface area contributed by atoms with E-state index in [0.29, 0.717) is 0 Å². The van der Waals surface area contributed by atoms with Gasteiger partial charge in [0.2, 0.25) is 0 Å². The predicted octanol–water partition coefficient (Wildman–Crippen LogP) is 0.363. The third-order valence-corrected chi connectivity index (χ3v) is 3.37. The first-order valence-electron chi connectivity index (χ1n) is 5.17. The number of hydrogen-bond acceptors (Lipinski definition) is 5. The summed E-state index contributed by atoms with van der Waals surface area (Å²) in [4.78, 5) is 22.1. The van der Waals surface area contributed by atoms with Gasteiger partial charge >= 0.3 is 11.9 Å². The average Bonchev–Trinajstić information content (AvgIpc) is 2.29. The van der Waals surface area contributed by atoms with E-state index in [9.17, 15) is 18.0 Å². The van der Waals surface area contributed by atoms with Gasteiger partial charge in [-0.25, -0.2) is 17.9 Å². The molecule has 0 fully saturated rings. The van der Waals surface area contributed by atoms with Gasteiger partial charge in [-0.2, -0.15) is 0 Å².